The largest absolute Gasteiger partial charge is 0.0836 e. The summed E-state index contributed by atoms with van der Waals surface area (Å²) >= 11 is 0. The van der Waals surface area contributed by atoms with Crippen LogP contribution >= 0.6 is 0 Å². The zero-order valence-corrected chi connectivity index (χ0v) is 31.2. The van der Waals surface area contributed by atoms with E-state index in [1.165, 1.54) is 89.0 Å². The van der Waals surface area contributed by atoms with Crippen LogP contribution in [0.3, 0.4) is 0 Å². The average Bonchev–Trinajstić information content (AvgIpc) is 3.22. The highest BCUT2D eigenvalue weighted by atomic mass is 14.3. The SMILES string of the molecule is Cc1ccc(-c2cc(C3=CCCC=C3)cc(-c3ccccc3)c2)cc1C(C)(C)c1cc(-c2cc(-c3ccccc3)cc(-c3ccccc3)c2)ccc1C. The zero-order valence-electron chi connectivity index (χ0n) is 31.2. The molecule has 0 saturated carbocycles. The second kappa shape index (κ2) is 14.6. The summed E-state index contributed by atoms with van der Waals surface area (Å²) in [5.74, 6) is 0. The van der Waals surface area contributed by atoms with Gasteiger partial charge in [-0.05, 0) is 152 Å². The lowest BCUT2D eigenvalue weighted by molar-refractivity contribution is 0.632. The summed E-state index contributed by atoms with van der Waals surface area (Å²) in [6.07, 6.45) is 9.16. The third-order valence-corrected chi connectivity index (χ3v) is 11.0. The van der Waals surface area contributed by atoms with Crippen LogP contribution in [0, 0.1) is 13.8 Å². The van der Waals surface area contributed by atoms with Crippen LogP contribution in [-0.2, 0) is 5.41 Å². The highest BCUT2D eigenvalue weighted by Gasteiger charge is 2.28. The van der Waals surface area contributed by atoms with E-state index in [2.05, 4.69) is 210 Å². The third-order valence-electron chi connectivity index (χ3n) is 11.0. The number of hydrogen-bond donors (Lipinski definition) is 0. The number of benzene rings is 7. The molecule has 1 aliphatic rings. The van der Waals surface area contributed by atoms with Crippen LogP contribution in [0.5, 0.6) is 0 Å². The fourth-order valence-corrected chi connectivity index (χ4v) is 8.07. The zero-order chi connectivity index (χ0) is 36.4. The Morgan fingerprint density at radius 1 is 0.358 bits per heavy atom. The lowest BCUT2D eigenvalue weighted by Crippen LogP contribution is -2.22. The minimum atomic E-state index is -0.242. The van der Waals surface area contributed by atoms with Crippen molar-refractivity contribution >= 4 is 5.57 Å². The van der Waals surface area contributed by atoms with E-state index < -0.39 is 0 Å². The van der Waals surface area contributed by atoms with Crippen LogP contribution in [-0.4, -0.2) is 0 Å². The van der Waals surface area contributed by atoms with Crippen LogP contribution in [0.4, 0.5) is 0 Å². The lowest BCUT2D eigenvalue weighted by atomic mass is 9.73. The molecule has 0 atom stereocenters. The van der Waals surface area contributed by atoms with Gasteiger partial charge < -0.3 is 0 Å². The van der Waals surface area contributed by atoms with Gasteiger partial charge in [-0.2, -0.15) is 0 Å². The minimum absolute atomic E-state index is 0.242. The molecule has 0 fully saturated rings. The molecule has 0 aliphatic heterocycles. The van der Waals surface area contributed by atoms with Gasteiger partial charge in [-0.25, -0.2) is 0 Å². The first kappa shape index (κ1) is 34.1. The molecule has 53 heavy (non-hydrogen) atoms. The van der Waals surface area contributed by atoms with Gasteiger partial charge in [0.25, 0.3) is 0 Å². The Morgan fingerprint density at radius 2 is 0.736 bits per heavy atom. The van der Waals surface area contributed by atoms with Gasteiger partial charge in [0.15, 0.2) is 0 Å². The normalized spacial score (nSPS) is 12.8. The van der Waals surface area contributed by atoms with Gasteiger partial charge in [0, 0.05) is 5.41 Å². The minimum Gasteiger partial charge on any atom is -0.0836 e. The van der Waals surface area contributed by atoms with Crippen LogP contribution in [0.25, 0.3) is 61.2 Å². The van der Waals surface area contributed by atoms with Crippen LogP contribution < -0.4 is 0 Å². The van der Waals surface area contributed by atoms with E-state index in [0.29, 0.717) is 0 Å². The van der Waals surface area contributed by atoms with Crippen molar-refractivity contribution in [2.75, 3.05) is 0 Å². The van der Waals surface area contributed by atoms with E-state index in [-0.39, 0.29) is 5.41 Å². The maximum absolute atomic E-state index is 2.45. The first-order valence-corrected chi connectivity index (χ1v) is 18.9. The van der Waals surface area contributed by atoms with Gasteiger partial charge in [0.2, 0.25) is 0 Å². The fraction of sp³-hybridized carbons (Fsp3) is 0.132. The second-order valence-electron chi connectivity index (χ2n) is 15.0. The van der Waals surface area contributed by atoms with Crippen molar-refractivity contribution in [3.05, 3.63) is 210 Å². The molecule has 0 aromatic heterocycles. The Bertz CT molecular complexity index is 2400. The molecule has 0 unspecified atom stereocenters. The molecule has 0 heterocycles. The molecule has 0 saturated heterocycles. The summed E-state index contributed by atoms with van der Waals surface area (Å²) < 4.78 is 0. The van der Waals surface area contributed by atoms with Gasteiger partial charge in [0.05, 0.1) is 0 Å². The number of aryl methyl sites for hydroxylation is 2. The summed E-state index contributed by atoms with van der Waals surface area (Å²) in [5, 5.41) is 0. The van der Waals surface area contributed by atoms with Gasteiger partial charge in [-0.3, -0.25) is 0 Å². The van der Waals surface area contributed by atoms with E-state index in [0.717, 1.165) is 12.8 Å². The van der Waals surface area contributed by atoms with E-state index in [1.807, 2.05) is 0 Å². The third kappa shape index (κ3) is 7.11. The first-order valence-electron chi connectivity index (χ1n) is 18.9. The van der Waals surface area contributed by atoms with Gasteiger partial charge in [-0.1, -0.05) is 159 Å². The van der Waals surface area contributed by atoms with Crippen molar-refractivity contribution in [3.63, 3.8) is 0 Å². The van der Waals surface area contributed by atoms with Crippen molar-refractivity contribution in [2.24, 2.45) is 0 Å². The van der Waals surface area contributed by atoms with E-state index in [9.17, 15) is 0 Å². The topological polar surface area (TPSA) is 0 Å². The Balaban J connectivity index is 1.23. The highest BCUT2D eigenvalue weighted by Crippen LogP contribution is 2.41. The number of allylic oxidation sites excluding steroid dienone is 4. The van der Waals surface area contributed by atoms with Gasteiger partial charge >= 0.3 is 0 Å². The molecular weight excluding hydrogens is 637 g/mol. The molecule has 0 heteroatoms. The first-order chi connectivity index (χ1) is 25.8. The van der Waals surface area contributed by atoms with E-state index in [1.54, 1.807) is 0 Å². The summed E-state index contributed by atoms with van der Waals surface area (Å²) in [7, 11) is 0. The fourth-order valence-electron chi connectivity index (χ4n) is 8.07. The maximum Gasteiger partial charge on any atom is 0.0152 e. The molecule has 0 N–H and O–H groups in total. The number of hydrogen-bond acceptors (Lipinski definition) is 0. The summed E-state index contributed by atoms with van der Waals surface area (Å²) in [5.41, 5.74) is 20.0. The van der Waals surface area contributed by atoms with Crippen molar-refractivity contribution < 1.29 is 0 Å². The van der Waals surface area contributed by atoms with Crippen LogP contribution in [0.1, 0.15) is 54.5 Å². The van der Waals surface area contributed by atoms with Crippen molar-refractivity contribution in [1.82, 2.24) is 0 Å². The molecule has 7 aromatic rings. The number of rotatable bonds is 8. The van der Waals surface area contributed by atoms with Crippen molar-refractivity contribution in [2.45, 2.75) is 46.0 Å². The van der Waals surface area contributed by atoms with Crippen molar-refractivity contribution in [3.8, 4) is 55.6 Å². The highest BCUT2D eigenvalue weighted by molar-refractivity contribution is 5.84. The second-order valence-corrected chi connectivity index (χ2v) is 15.0. The summed E-state index contributed by atoms with van der Waals surface area (Å²) in [6.45, 7) is 9.31. The van der Waals surface area contributed by atoms with E-state index in [4.69, 9.17) is 0 Å². The quantitative estimate of drug-likeness (QED) is 0.150. The molecule has 0 bridgehead atoms. The molecule has 258 valence electrons. The molecule has 1 aliphatic carbocycles. The monoisotopic (exact) mass is 682 g/mol. The molecular formula is C53H46. The predicted octanol–water partition coefficient (Wildman–Crippen LogP) is 14.7. The van der Waals surface area contributed by atoms with Crippen LogP contribution in [0.15, 0.2) is 182 Å². The Labute approximate surface area is 315 Å². The van der Waals surface area contributed by atoms with E-state index >= 15 is 0 Å². The van der Waals surface area contributed by atoms with Gasteiger partial charge in [0.1, 0.15) is 0 Å². The Kier molecular flexibility index (Phi) is 9.38. The molecule has 7 aromatic carbocycles. The molecule has 8 rings (SSSR count). The van der Waals surface area contributed by atoms with Crippen molar-refractivity contribution in [1.29, 1.82) is 0 Å². The Hall–Kier alpha value is -5.98. The standard InChI is InChI=1S/C53H46/c1-37-25-27-43(49-31-45(39-17-9-5-10-18-39)29-46(32-49)40-19-11-6-12-20-40)35-51(37)53(3,4)52-36-44(28-26-38(52)2)50-33-47(41-21-13-7-14-22-41)30-48(34-50)42-23-15-8-16-24-42/h5-7,9-15,17-36H,8,16H2,1-4H3. The average molecular weight is 683 g/mol. The summed E-state index contributed by atoms with van der Waals surface area (Å²) in [6, 6.07) is 60.5. The smallest absolute Gasteiger partial charge is 0.0152 e. The molecule has 0 spiro atoms. The summed E-state index contributed by atoms with van der Waals surface area (Å²) in [4.78, 5) is 0. The lowest BCUT2D eigenvalue weighted by Gasteiger charge is -2.31. The van der Waals surface area contributed by atoms with Gasteiger partial charge in [-0.15, -0.1) is 0 Å². The Morgan fingerprint density at radius 3 is 1.11 bits per heavy atom. The molecule has 0 amide bonds. The molecule has 0 nitrogen and oxygen atoms in total. The maximum atomic E-state index is 2.45. The predicted molar refractivity (Wildman–Crippen MR) is 228 cm³/mol. The molecule has 0 radical (unpaired) electrons. The van der Waals surface area contributed by atoms with Crippen LogP contribution in [0.2, 0.25) is 0 Å².